The molecule has 0 aliphatic rings. The summed E-state index contributed by atoms with van der Waals surface area (Å²) in [6.07, 6.45) is -1.15. The van der Waals surface area contributed by atoms with Crippen LogP contribution in [-0.2, 0) is 6.54 Å². The number of hydrogen-bond donors (Lipinski definition) is 3. The number of aromatic nitrogens is 1. The zero-order valence-corrected chi connectivity index (χ0v) is 8.71. The van der Waals surface area contributed by atoms with Gasteiger partial charge in [0, 0.05) is 6.07 Å². The highest BCUT2D eigenvalue weighted by atomic mass is 16.3. The van der Waals surface area contributed by atoms with E-state index in [2.05, 4.69) is 0 Å². The summed E-state index contributed by atoms with van der Waals surface area (Å²) >= 11 is 0. The first-order valence-electron chi connectivity index (χ1n) is 4.63. The highest BCUT2D eigenvalue weighted by molar-refractivity contribution is 5.37. The molecule has 0 saturated heterocycles. The second kappa shape index (κ2) is 4.79. The Morgan fingerprint density at radius 2 is 2.25 bits per heavy atom. The van der Waals surface area contributed by atoms with E-state index in [-0.39, 0.29) is 18.0 Å². The third-order valence-electron chi connectivity index (χ3n) is 2.19. The second-order valence-corrected chi connectivity index (χ2v) is 3.42. The van der Waals surface area contributed by atoms with E-state index in [1.54, 1.807) is 6.07 Å². The molecule has 0 aromatic carbocycles. The van der Waals surface area contributed by atoms with Crippen LogP contribution in [0.3, 0.4) is 0 Å². The fraction of sp³-hybridized carbons (Fsp3) is 0.400. The molecule has 0 bridgehead atoms. The summed E-state index contributed by atoms with van der Waals surface area (Å²) in [6.45, 7) is 0.754. The van der Waals surface area contributed by atoms with Crippen LogP contribution in [0, 0.1) is 18.3 Å². The van der Waals surface area contributed by atoms with E-state index < -0.39 is 18.3 Å². The molecule has 1 aromatic rings. The minimum absolute atomic E-state index is 0.0806. The van der Waals surface area contributed by atoms with E-state index in [1.807, 2.05) is 0 Å². The van der Waals surface area contributed by atoms with Crippen LogP contribution in [0.2, 0.25) is 0 Å². The predicted molar refractivity (Wildman–Crippen MR) is 54.9 cm³/mol. The maximum atomic E-state index is 11.7. The summed E-state index contributed by atoms with van der Waals surface area (Å²) in [4.78, 5) is 11.7. The Hall–Kier alpha value is -1.84. The molecule has 3 N–H and O–H groups in total. The first-order valence-corrected chi connectivity index (χ1v) is 4.63. The second-order valence-electron chi connectivity index (χ2n) is 3.42. The van der Waals surface area contributed by atoms with Gasteiger partial charge in [-0.3, -0.25) is 9.36 Å². The van der Waals surface area contributed by atoms with Gasteiger partial charge in [0.05, 0.1) is 19.3 Å². The molecular formula is C10H12N2O4. The number of nitrogens with zero attached hydrogens (tertiary/aromatic N) is 2. The Balaban J connectivity index is 3.30. The Morgan fingerprint density at radius 1 is 1.62 bits per heavy atom. The van der Waals surface area contributed by atoms with Crippen molar-refractivity contribution in [1.29, 1.82) is 5.26 Å². The molecule has 0 aliphatic carbocycles. The SMILES string of the molecule is Cc1cc(O)n(CC(O)CO)c(=O)c1C#N. The number of pyridine rings is 1. The fourth-order valence-corrected chi connectivity index (χ4v) is 1.33. The van der Waals surface area contributed by atoms with Crippen molar-refractivity contribution in [2.75, 3.05) is 6.61 Å². The number of aromatic hydroxyl groups is 1. The topological polar surface area (TPSA) is 106 Å². The average Bonchev–Trinajstić information content (AvgIpc) is 2.24. The summed E-state index contributed by atoms with van der Waals surface area (Å²) < 4.78 is 0.854. The summed E-state index contributed by atoms with van der Waals surface area (Å²) in [6, 6.07) is 3.00. The fourth-order valence-electron chi connectivity index (χ4n) is 1.33. The third-order valence-corrected chi connectivity index (χ3v) is 2.19. The summed E-state index contributed by atoms with van der Waals surface area (Å²) in [5.41, 5.74) is -0.379. The van der Waals surface area contributed by atoms with Crippen molar-refractivity contribution in [2.24, 2.45) is 0 Å². The summed E-state index contributed by atoms with van der Waals surface area (Å²) in [5.74, 6) is -0.339. The summed E-state index contributed by atoms with van der Waals surface area (Å²) in [7, 11) is 0. The van der Waals surface area contributed by atoms with Gasteiger partial charge in [0.15, 0.2) is 5.88 Å². The Kier molecular flexibility index (Phi) is 3.66. The molecule has 1 heterocycles. The Labute approximate surface area is 91.6 Å². The molecule has 86 valence electrons. The van der Waals surface area contributed by atoms with E-state index in [0.29, 0.717) is 5.56 Å². The molecule has 6 nitrogen and oxygen atoms in total. The number of aliphatic hydroxyl groups is 2. The van der Waals surface area contributed by atoms with Gasteiger partial charge in [-0.2, -0.15) is 5.26 Å². The van der Waals surface area contributed by atoms with Crippen molar-refractivity contribution < 1.29 is 15.3 Å². The standard InChI is InChI=1S/C10H12N2O4/c1-6-2-9(15)12(4-7(14)5-13)10(16)8(6)3-11/h2,7,13-15H,4-5H2,1H3. The number of aryl methyl sites for hydroxylation is 1. The normalized spacial score (nSPS) is 12.1. The zero-order chi connectivity index (χ0) is 12.3. The predicted octanol–water partition coefficient (Wildman–Crippen LogP) is -0.913. The number of aliphatic hydroxyl groups excluding tert-OH is 2. The lowest BCUT2D eigenvalue weighted by Gasteiger charge is -2.12. The lowest BCUT2D eigenvalue weighted by molar-refractivity contribution is 0.0782. The molecule has 1 aromatic heterocycles. The van der Waals surface area contributed by atoms with Gasteiger partial charge >= 0.3 is 0 Å². The first kappa shape index (κ1) is 12.2. The van der Waals surface area contributed by atoms with Crippen LogP contribution >= 0.6 is 0 Å². The molecule has 0 aliphatic heterocycles. The molecule has 0 radical (unpaired) electrons. The van der Waals surface area contributed by atoms with Crippen molar-refractivity contribution in [1.82, 2.24) is 4.57 Å². The van der Waals surface area contributed by atoms with Crippen molar-refractivity contribution in [3.63, 3.8) is 0 Å². The van der Waals surface area contributed by atoms with Gasteiger partial charge in [-0.25, -0.2) is 0 Å². The minimum Gasteiger partial charge on any atom is -0.494 e. The lowest BCUT2D eigenvalue weighted by Crippen LogP contribution is -2.30. The maximum Gasteiger partial charge on any atom is 0.271 e. The summed E-state index contributed by atoms with van der Waals surface area (Å²) in [5, 5.41) is 36.1. The number of rotatable bonds is 3. The Bertz CT molecular complexity index is 487. The van der Waals surface area contributed by atoms with Gasteiger partial charge < -0.3 is 15.3 Å². The molecule has 1 rings (SSSR count). The minimum atomic E-state index is -1.15. The van der Waals surface area contributed by atoms with Crippen LogP contribution < -0.4 is 5.56 Å². The quantitative estimate of drug-likeness (QED) is 0.616. The average molecular weight is 224 g/mol. The van der Waals surface area contributed by atoms with Crippen LogP contribution in [0.5, 0.6) is 5.88 Å². The van der Waals surface area contributed by atoms with Crippen LogP contribution in [-0.4, -0.2) is 32.6 Å². The van der Waals surface area contributed by atoms with Gasteiger partial charge in [-0.1, -0.05) is 0 Å². The van der Waals surface area contributed by atoms with E-state index >= 15 is 0 Å². The molecule has 1 unspecified atom stereocenters. The van der Waals surface area contributed by atoms with Crippen LogP contribution in [0.1, 0.15) is 11.1 Å². The number of nitriles is 1. The molecule has 6 heteroatoms. The van der Waals surface area contributed by atoms with Gasteiger partial charge in [0.2, 0.25) is 0 Å². The molecule has 0 saturated carbocycles. The van der Waals surface area contributed by atoms with Gasteiger partial charge in [0.1, 0.15) is 11.6 Å². The largest absolute Gasteiger partial charge is 0.494 e. The Morgan fingerprint density at radius 3 is 2.75 bits per heavy atom. The zero-order valence-electron chi connectivity index (χ0n) is 8.71. The smallest absolute Gasteiger partial charge is 0.271 e. The van der Waals surface area contributed by atoms with Crippen molar-refractivity contribution in [3.05, 3.63) is 27.5 Å². The molecule has 0 spiro atoms. The van der Waals surface area contributed by atoms with Crippen LogP contribution in [0.15, 0.2) is 10.9 Å². The molecule has 16 heavy (non-hydrogen) atoms. The monoisotopic (exact) mass is 224 g/mol. The third kappa shape index (κ3) is 2.21. The van der Waals surface area contributed by atoms with Crippen molar-refractivity contribution in [2.45, 2.75) is 19.6 Å². The van der Waals surface area contributed by atoms with Gasteiger partial charge in [-0.05, 0) is 12.5 Å². The highest BCUT2D eigenvalue weighted by Gasteiger charge is 2.14. The van der Waals surface area contributed by atoms with E-state index in [4.69, 9.17) is 10.4 Å². The molecule has 1 atom stereocenters. The molecular weight excluding hydrogens is 212 g/mol. The number of hydrogen-bond acceptors (Lipinski definition) is 5. The first-order chi connectivity index (χ1) is 7.51. The van der Waals surface area contributed by atoms with E-state index in [1.165, 1.54) is 13.0 Å². The molecule has 0 amide bonds. The van der Waals surface area contributed by atoms with Crippen LogP contribution in [0.4, 0.5) is 0 Å². The van der Waals surface area contributed by atoms with Crippen LogP contribution in [0.25, 0.3) is 0 Å². The lowest BCUT2D eigenvalue weighted by atomic mass is 10.1. The van der Waals surface area contributed by atoms with E-state index in [0.717, 1.165) is 4.57 Å². The van der Waals surface area contributed by atoms with Gasteiger partial charge in [-0.15, -0.1) is 0 Å². The van der Waals surface area contributed by atoms with Gasteiger partial charge in [0.25, 0.3) is 5.56 Å². The van der Waals surface area contributed by atoms with Crippen molar-refractivity contribution >= 4 is 0 Å². The maximum absolute atomic E-state index is 11.7. The highest BCUT2D eigenvalue weighted by Crippen LogP contribution is 2.12. The van der Waals surface area contributed by atoms with E-state index in [9.17, 15) is 15.0 Å². The molecule has 0 fully saturated rings. The van der Waals surface area contributed by atoms with Crippen molar-refractivity contribution in [3.8, 4) is 11.9 Å².